The van der Waals surface area contributed by atoms with Gasteiger partial charge in [-0.2, -0.15) is 4.98 Å². The Hall–Kier alpha value is -4.02. The van der Waals surface area contributed by atoms with E-state index in [1.807, 2.05) is 45.0 Å². The average Bonchev–Trinajstić information content (AvgIpc) is 3.38. The second-order valence-electron chi connectivity index (χ2n) is 10.2. The fraction of sp³-hybridized carbons (Fsp3) is 0.281. The first kappa shape index (κ1) is 30.4. The predicted octanol–water partition coefficient (Wildman–Crippen LogP) is 7.70. The SMILES string of the molecule is CCCSc1nc2n(n1)C(c1ccc(OCc3c(F)cccc3Cl)c(OC)c1)C(C(=O)Nc1ccc(C)cc1C)=C(C)N2. The van der Waals surface area contributed by atoms with Crippen LogP contribution in [0.5, 0.6) is 11.5 Å². The average molecular weight is 622 g/mol. The molecule has 11 heteroatoms. The van der Waals surface area contributed by atoms with Crippen LogP contribution in [0, 0.1) is 19.7 Å². The van der Waals surface area contributed by atoms with Gasteiger partial charge < -0.3 is 20.1 Å². The zero-order valence-corrected chi connectivity index (χ0v) is 26.2. The number of anilines is 2. The molecule has 1 unspecified atom stereocenters. The molecule has 1 aliphatic rings. The molecule has 1 atom stereocenters. The molecule has 3 aromatic carbocycles. The number of amides is 1. The second kappa shape index (κ2) is 13.1. The molecule has 0 spiro atoms. The van der Waals surface area contributed by atoms with E-state index in [0.29, 0.717) is 33.9 Å². The predicted molar refractivity (Wildman–Crippen MR) is 169 cm³/mol. The number of aromatic nitrogens is 3. The van der Waals surface area contributed by atoms with Crippen molar-refractivity contribution >= 4 is 40.9 Å². The summed E-state index contributed by atoms with van der Waals surface area (Å²) in [5, 5.41) is 12.0. The highest BCUT2D eigenvalue weighted by molar-refractivity contribution is 7.99. The van der Waals surface area contributed by atoms with Crippen LogP contribution in [0.3, 0.4) is 0 Å². The lowest BCUT2D eigenvalue weighted by Gasteiger charge is -2.29. The van der Waals surface area contributed by atoms with Crippen LogP contribution >= 0.6 is 23.4 Å². The van der Waals surface area contributed by atoms with E-state index < -0.39 is 11.9 Å². The van der Waals surface area contributed by atoms with Gasteiger partial charge in [-0.25, -0.2) is 9.07 Å². The van der Waals surface area contributed by atoms with Gasteiger partial charge in [0, 0.05) is 22.7 Å². The summed E-state index contributed by atoms with van der Waals surface area (Å²) in [7, 11) is 1.53. The molecule has 0 radical (unpaired) electrons. The van der Waals surface area contributed by atoms with Crippen LogP contribution in [0.25, 0.3) is 0 Å². The van der Waals surface area contributed by atoms with Crippen LogP contribution in [-0.4, -0.2) is 33.5 Å². The molecule has 0 saturated carbocycles. The fourth-order valence-electron chi connectivity index (χ4n) is 4.93. The number of hydrogen-bond acceptors (Lipinski definition) is 7. The first-order chi connectivity index (χ1) is 20.7. The normalized spacial score (nSPS) is 14.3. The summed E-state index contributed by atoms with van der Waals surface area (Å²) >= 11 is 7.75. The van der Waals surface area contributed by atoms with E-state index in [0.717, 1.165) is 34.6 Å². The number of carbonyl (C=O) groups excluding carboxylic acids is 1. The Kier molecular flexibility index (Phi) is 9.27. The van der Waals surface area contributed by atoms with Gasteiger partial charge in [-0.1, -0.05) is 60.1 Å². The minimum absolute atomic E-state index is 0.0810. The Morgan fingerprint density at radius 3 is 2.67 bits per heavy atom. The fourth-order valence-corrected chi connectivity index (χ4v) is 5.83. The van der Waals surface area contributed by atoms with E-state index in [-0.39, 0.29) is 23.1 Å². The minimum atomic E-state index is -0.616. The standard InChI is InChI=1S/C32H33ClFN5O3S/c1-6-14-43-32-37-31-35-20(4)28(30(40)36-25-12-10-18(2)15-19(25)3)29(39(31)38-32)21-11-13-26(27(16-21)41-5)42-17-22-23(33)8-7-9-24(22)34/h7-13,15-16,29H,6,14,17H2,1-5H3,(H,36,40)(H,35,37,38). The molecule has 0 aliphatic carbocycles. The van der Waals surface area contributed by atoms with Crippen molar-refractivity contribution in [2.75, 3.05) is 23.5 Å². The lowest BCUT2D eigenvalue weighted by Crippen LogP contribution is -2.31. The molecule has 2 heterocycles. The molecule has 0 fully saturated rings. The summed E-state index contributed by atoms with van der Waals surface area (Å²) in [6.07, 6.45) is 0.975. The Balaban J connectivity index is 1.53. The highest BCUT2D eigenvalue weighted by Crippen LogP contribution is 2.40. The first-order valence-corrected chi connectivity index (χ1v) is 15.3. The molecule has 5 rings (SSSR count). The molecular weight excluding hydrogens is 589 g/mol. The van der Waals surface area contributed by atoms with Crippen molar-refractivity contribution in [3.63, 3.8) is 0 Å². The number of allylic oxidation sites excluding steroid dienone is 1. The van der Waals surface area contributed by atoms with Gasteiger partial charge in [0.2, 0.25) is 11.1 Å². The molecule has 1 amide bonds. The molecule has 43 heavy (non-hydrogen) atoms. The Bertz CT molecular complexity index is 1690. The third-order valence-corrected chi connectivity index (χ3v) is 8.48. The number of rotatable bonds is 10. The third-order valence-electron chi connectivity index (χ3n) is 7.08. The topological polar surface area (TPSA) is 90.3 Å². The highest BCUT2D eigenvalue weighted by Gasteiger charge is 2.35. The maximum atomic E-state index is 14.4. The maximum absolute atomic E-state index is 14.4. The van der Waals surface area contributed by atoms with Crippen LogP contribution in [0.4, 0.5) is 16.0 Å². The quantitative estimate of drug-likeness (QED) is 0.175. The Morgan fingerprint density at radius 2 is 1.95 bits per heavy atom. The second-order valence-corrected chi connectivity index (χ2v) is 11.7. The number of nitrogens with one attached hydrogen (secondary N) is 2. The van der Waals surface area contributed by atoms with Gasteiger partial charge in [-0.3, -0.25) is 4.79 Å². The zero-order valence-electron chi connectivity index (χ0n) is 24.6. The largest absolute Gasteiger partial charge is 0.493 e. The van der Waals surface area contributed by atoms with Gasteiger partial charge in [-0.15, -0.1) is 5.10 Å². The van der Waals surface area contributed by atoms with E-state index in [2.05, 4.69) is 22.5 Å². The number of nitrogens with zero attached hydrogens (tertiary/aromatic N) is 3. The van der Waals surface area contributed by atoms with E-state index >= 15 is 0 Å². The number of ether oxygens (including phenoxy) is 2. The van der Waals surface area contributed by atoms with Crippen molar-refractivity contribution in [2.45, 2.75) is 51.9 Å². The summed E-state index contributed by atoms with van der Waals surface area (Å²) < 4.78 is 27.7. The summed E-state index contributed by atoms with van der Waals surface area (Å²) in [5.41, 5.74) is 4.93. The molecular formula is C32H33ClFN5O3S. The van der Waals surface area contributed by atoms with Crippen molar-refractivity contribution in [2.24, 2.45) is 0 Å². The van der Waals surface area contributed by atoms with Gasteiger partial charge >= 0.3 is 0 Å². The van der Waals surface area contributed by atoms with Crippen LogP contribution < -0.4 is 20.1 Å². The van der Waals surface area contributed by atoms with Crippen molar-refractivity contribution < 1.29 is 18.7 Å². The lowest BCUT2D eigenvalue weighted by atomic mass is 9.94. The monoisotopic (exact) mass is 621 g/mol. The Morgan fingerprint density at radius 1 is 1.14 bits per heavy atom. The number of thioether (sulfide) groups is 1. The van der Waals surface area contributed by atoms with Crippen molar-refractivity contribution in [3.05, 3.63) is 99.0 Å². The van der Waals surface area contributed by atoms with Crippen LogP contribution in [0.2, 0.25) is 5.02 Å². The Labute approximate surface area is 259 Å². The number of carbonyl (C=O) groups is 1. The van der Waals surface area contributed by atoms with E-state index in [1.54, 1.807) is 40.7 Å². The summed E-state index contributed by atoms with van der Waals surface area (Å²) in [5.74, 6) is 1.51. The number of fused-ring (bicyclic) bond motifs is 1. The molecule has 2 N–H and O–H groups in total. The third kappa shape index (κ3) is 6.50. The molecule has 0 saturated heterocycles. The summed E-state index contributed by atoms with van der Waals surface area (Å²) in [6, 6.07) is 15.2. The molecule has 4 aromatic rings. The highest BCUT2D eigenvalue weighted by atomic mass is 35.5. The lowest BCUT2D eigenvalue weighted by molar-refractivity contribution is -0.113. The summed E-state index contributed by atoms with van der Waals surface area (Å²) in [6.45, 7) is 7.85. The van der Waals surface area contributed by atoms with Gasteiger partial charge in [-0.05, 0) is 68.7 Å². The van der Waals surface area contributed by atoms with E-state index in [1.165, 1.54) is 13.2 Å². The number of aryl methyl sites for hydroxylation is 2. The summed E-state index contributed by atoms with van der Waals surface area (Å²) in [4.78, 5) is 18.6. The van der Waals surface area contributed by atoms with Crippen molar-refractivity contribution in [3.8, 4) is 11.5 Å². The minimum Gasteiger partial charge on any atom is -0.493 e. The number of hydrogen-bond donors (Lipinski definition) is 2. The molecule has 8 nitrogen and oxygen atoms in total. The number of methoxy groups -OCH3 is 1. The van der Waals surface area contributed by atoms with Gasteiger partial charge in [0.05, 0.1) is 17.7 Å². The molecule has 1 aromatic heterocycles. The number of halogens is 2. The molecule has 224 valence electrons. The number of benzene rings is 3. The van der Waals surface area contributed by atoms with Crippen LogP contribution in [0.1, 0.15) is 48.6 Å². The van der Waals surface area contributed by atoms with Crippen LogP contribution in [-0.2, 0) is 11.4 Å². The van der Waals surface area contributed by atoms with E-state index in [4.69, 9.17) is 26.2 Å². The van der Waals surface area contributed by atoms with Gasteiger partial charge in [0.1, 0.15) is 18.5 Å². The smallest absolute Gasteiger partial charge is 0.255 e. The maximum Gasteiger partial charge on any atom is 0.255 e. The van der Waals surface area contributed by atoms with Crippen LogP contribution in [0.15, 0.2) is 71.0 Å². The molecule has 1 aliphatic heterocycles. The first-order valence-electron chi connectivity index (χ1n) is 13.9. The van der Waals surface area contributed by atoms with Gasteiger partial charge in [0.15, 0.2) is 11.5 Å². The van der Waals surface area contributed by atoms with Crippen molar-refractivity contribution in [1.29, 1.82) is 0 Å². The van der Waals surface area contributed by atoms with Gasteiger partial charge in [0.25, 0.3) is 5.91 Å². The van der Waals surface area contributed by atoms with E-state index in [9.17, 15) is 9.18 Å². The zero-order chi connectivity index (χ0) is 30.7. The molecule has 0 bridgehead atoms. The van der Waals surface area contributed by atoms with Crippen molar-refractivity contribution in [1.82, 2.24) is 14.8 Å².